The standard InChI is InChI=1S/C20H21ClN4OS/c21-16-4-3-5-17(14-16)25-11-9-24(10-12-25)15-20(26)23-18-6-1-2-7-19(18)27-13-8-22/h1-7,14H,9-13,15H2,(H,23,26)/p+1. The molecule has 1 aliphatic rings. The second kappa shape index (κ2) is 9.65. The molecule has 140 valence electrons. The number of nitrogens with one attached hydrogen (secondary N) is 2. The van der Waals surface area contributed by atoms with Gasteiger partial charge in [-0.1, -0.05) is 29.8 Å². The van der Waals surface area contributed by atoms with E-state index in [2.05, 4.69) is 22.4 Å². The Labute approximate surface area is 168 Å². The molecule has 0 aromatic heterocycles. The summed E-state index contributed by atoms with van der Waals surface area (Å²) in [6.07, 6.45) is 0. The Morgan fingerprint density at radius 3 is 2.74 bits per heavy atom. The van der Waals surface area contributed by atoms with Gasteiger partial charge in [0.25, 0.3) is 5.91 Å². The van der Waals surface area contributed by atoms with Gasteiger partial charge in [-0.05, 0) is 30.3 Å². The Morgan fingerprint density at radius 1 is 1.22 bits per heavy atom. The maximum absolute atomic E-state index is 12.5. The zero-order valence-electron chi connectivity index (χ0n) is 15.0. The number of amides is 1. The quantitative estimate of drug-likeness (QED) is 0.729. The molecule has 7 heteroatoms. The van der Waals surface area contributed by atoms with Gasteiger partial charge in [0.1, 0.15) is 0 Å². The second-order valence-corrected chi connectivity index (χ2v) is 7.84. The first kappa shape index (κ1) is 19.6. The summed E-state index contributed by atoms with van der Waals surface area (Å²) in [5, 5.41) is 12.5. The van der Waals surface area contributed by atoms with E-state index in [0.717, 1.165) is 47.5 Å². The van der Waals surface area contributed by atoms with Crippen molar-refractivity contribution in [3.63, 3.8) is 0 Å². The van der Waals surface area contributed by atoms with Crippen LogP contribution in [0.2, 0.25) is 5.02 Å². The molecule has 2 N–H and O–H groups in total. The Balaban J connectivity index is 1.51. The van der Waals surface area contributed by atoms with Crippen LogP contribution in [0.4, 0.5) is 11.4 Å². The predicted octanol–water partition coefficient (Wildman–Crippen LogP) is 2.30. The highest BCUT2D eigenvalue weighted by Gasteiger charge is 2.22. The van der Waals surface area contributed by atoms with E-state index in [0.29, 0.717) is 12.3 Å². The van der Waals surface area contributed by atoms with Crippen molar-refractivity contribution in [3.8, 4) is 6.07 Å². The number of halogens is 1. The van der Waals surface area contributed by atoms with Crippen LogP contribution in [0, 0.1) is 11.3 Å². The molecular formula is C20H22ClN4OS+. The molecule has 2 aromatic carbocycles. The number of carbonyl (C=O) groups excluding carboxylic acids is 1. The SMILES string of the molecule is N#CCSc1ccccc1NC(=O)C[NH+]1CCN(c2cccc(Cl)c2)CC1. The molecule has 1 heterocycles. The number of benzene rings is 2. The number of rotatable bonds is 6. The van der Waals surface area contributed by atoms with Gasteiger partial charge in [-0.3, -0.25) is 4.79 Å². The maximum Gasteiger partial charge on any atom is 0.279 e. The van der Waals surface area contributed by atoms with Gasteiger partial charge >= 0.3 is 0 Å². The minimum atomic E-state index is 0.00575. The first-order valence-corrected chi connectivity index (χ1v) is 10.2. The molecule has 0 bridgehead atoms. The van der Waals surface area contributed by atoms with Crippen LogP contribution in [0.3, 0.4) is 0 Å². The molecule has 1 aliphatic heterocycles. The van der Waals surface area contributed by atoms with E-state index in [1.54, 1.807) is 0 Å². The minimum absolute atomic E-state index is 0.00575. The number of quaternary nitrogens is 1. The van der Waals surface area contributed by atoms with Crippen LogP contribution in [-0.2, 0) is 4.79 Å². The molecule has 0 aliphatic carbocycles. The molecule has 0 saturated carbocycles. The Kier molecular flexibility index (Phi) is 6.99. The number of anilines is 2. The topological polar surface area (TPSA) is 60.6 Å². The third-order valence-electron chi connectivity index (χ3n) is 4.51. The van der Waals surface area contributed by atoms with E-state index in [4.69, 9.17) is 16.9 Å². The highest BCUT2D eigenvalue weighted by Crippen LogP contribution is 2.26. The lowest BCUT2D eigenvalue weighted by atomic mass is 10.2. The van der Waals surface area contributed by atoms with Crippen molar-refractivity contribution in [1.82, 2.24) is 0 Å². The number of carbonyl (C=O) groups is 1. The molecule has 0 spiro atoms. The number of piperazine rings is 1. The molecule has 1 saturated heterocycles. The number of nitrogens with zero attached hydrogens (tertiary/aromatic N) is 2. The van der Waals surface area contributed by atoms with Crippen molar-refractivity contribution in [3.05, 3.63) is 53.6 Å². The average molecular weight is 402 g/mol. The summed E-state index contributed by atoms with van der Waals surface area (Å²) in [6.45, 7) is 4.06. The Hall–Kier alpha value is -2.20. The number of hydrogen-bond acceptors (Lipinski definition) is 4. The number of hydrogen-bond donors (Lipinski definition) is 2. The van der Waals surface area contributed by atoms with Gasteiger partial charge in [0, 0.05) is 15.6 Å². The van der Waals surface area contributed by atoms with Crippen LogP contribution in [0.5, 0.6) is 0 Å². The van der Waals surface area contributed by atoms with E-state index >= 15 is 0 Å². The van der Waals surface area contributed by atoms with Crippen molar-refractivity contribution >= 4 is 40.6 Å². The monoisotopic (exact) mass is 401 g/mol. The number of thioether (sulfide) groups is 1. The van der Waals surface area contributed by atoms with Crippen molar-refractivity contribution in [2.45, 2.75) is 4.90 Å². The molecule has 27 heavy (non-hydrogen) atoms. The molecule has 1 amide bonds. The highest BCUT2D eigenvalue weighted by atomic mass is 35.5. The van der Waals surface area contributed by atoms with E-state index in [1.807, 2.05) is 42.5 Å². The van der Waals surface area contributed by atoms with Gasteiger partial charge in [-0.15, -0.1) is 11.8 Å². The first-order chi connectivity index (χ1) is 13.2. The number of para-hydroxylation sites is 1. The second-order valence-electron chi connectivity index (χ2n) is 6.38. The Bertz CT molecular complexity index is 831. The summed E-state index contributed by atoms with van der Waals surface area (Å²) in [7, 11) is 0. The van der Waals surface area contributed by atoms with Crippen LogP contribution in [0.25, 0.3) is 0 Å². The molecule has 5 nitrogen and oxygen atoms in total. The van der Waals surface area contributed by atoms with Gasteiger partial charge in [0.15, 0.2) is 6.54 Å². The summed E-state index contributed by atoms with van der Waals surface area (Å²) in [5.74, 6) is 0.370. The van der Waals surface area contributed by atoms with Crippen molar-refractivity contribution in [1.29, 1.82) is 5.26 Å². The van der Waals surface area contributed by atoms with Crippen LogP contribution >= 0.6 is 23.4 Å². The van der Waals surface area contributed by atoms with E-state index < -0.39 is 0 Å². The maximum atomic E-state index is 12.5. The van der Waals surface area contributed by atoms with Crippen LogP contribution in [0.15, 0.2) is 53.4 Å². The van der Waals surface area contributed by atoms with Gasteiger partial charge < -0.3 is 15.1 Å². The fraction of sp³-hybridized carbons (Fsp3) is 0.300. The lowest BCUT2D eigenvalue weighted by molar-refractivity contribution is -0.892. The van der Waals surface area contributed by atoms with Crippen molar-refractivity contribution in [2.24, 2.45) is 0 Å². The normalized spacial score (nSPS) is 14.6. The van der Waals surface area contributed by atoms with Gasteiger partial charge in [0.2, 0.25) is 0 Å². The fourth-order valence-corrected chi connectivity index (χ4v) is 4.01. The summed E-state index contributed by atoms with van der Waals surface area (Å²) in [5.41, 5.74) is 1.91. The summed E-state index contributed by atoms with van der Waals surface area (Å²) in [4.78, 5) is 17.0. The van der Waals surface area contributed by atoms with E-state index in [9.17, 15) is 4.79 Å². The molecule has 3 rings (SSSR count). The minimum Gasteiger partial charge on any atom is -0.360 e. The number of nitriles is 1. The van der Waals surface area contributed by atoms with Crippen LogP contribution in [0.1, 0.15) is 0 Å². The zero-order valence-corrected chi connectivity index (χ0v) is 16.5. The molecule has 2 aromatic rings. The largest absolute Gasteiger partial charge is 0.360 e. The average Bonchev–Trinajstić information content (AvgIpc) is 2.68. The van der Waals surface area contributed by atoms with Crippen molar-refractivity contribution < 1.29 is 9.69 Å². The first-order valence-electron chi connectivity index (χ1n) is 8.88. The summed E-state index contributed by atoms with van der Waals surface area (Å²) >= 11 is 7.51. The van der Waals surface area contributed by atoms with Gasteiger partial charge in [-0.25, -0.2) is 0 Å². The smallest absolute Gasteiger partial charge is 0.279 e. The van der Waals surface area contributed by atoms with Crippen LogP contribution < -0.4 is 15.1 Å². The van der Waals surface area contributed by atoms with Gasteiger partial charge in [0.05, 0.1) is 43.7 Å². The molecule has 0 radical (unpaired) electrons. The van der Waals surface area contributed by atoms with Crippen molar-refractivity contribution in [2.75, 3.05) is 48.7 Å². The zero-order chi connectivity index (χ0) is 19.1. The van der Waals surface area contributed by atoms with E-state index in [-0.39, 0.29) is 5.91 Å². The fourth-order valence-electron chi connectivity index (χ4n) is 3.16. The third-order valence-corrected chi connectivity index (χ3v) is 5.68. The molecule has 0 unspecified atom stereocenters. The Morgan fingerprint density at radius 2 is 2.00 bits per heavy atom. The predicted molar refractivity (Wildman–Crippen MR) is 111 cm³/mol. The third kappa shape index (κ3) is 5.64. The van der Waals surface area contributed by atoms with E-state index in [1.165, 1.54) is 16.7 Å². The summed E-state index contributed by atoms with van der Waals surface area (Å²) < 4.78 is 0. The summed E-state index contributed by atoms with van der Waals surface area (Å²) in [6, 6.07) is 17.6. The molecule has 0 atom stereocenters. The molecular weight excluding hydrogens is 380 g/mol. The highest BCUT2D eigenvalue weighted by molar-refractivity contribution is 7.99. The lowest BCUT2D eigenvalue weighted by Crippen LogP contribution is -3.15. The molecule has 1 fully saturated rings. The van der Waals surface area contributed by atoms with Crippen LogP contribution in [-0.4, -0.2) is 44.4 Å². The van der Waals surface area contributed by atoms with Gasteiger partial charge in [-0.2, -0.15) is 5.26 Å². The lowest BCUT2D eigenvalue weighted by Gasteiger charge is -2.33.